The predicted molar refractivity (Wildman–Crippen MR) is 73.6 cm³/mol. The van der Waals surface area contributed by atoms with Gasteiger partial charge in [0.2, 0.25) is 0 Å². The van der Waals surface area contributed by atoms with Gasteiger partial charge in [-0.15, -0.1) is 0 Å². The standard InChI is InChI=1S/C14H27N3O/c1-3-11-4-6-12(7-5-11)16-14(18)17-9-8-13(10-17)15-2/h11-13,15H,3-10H2,1-2H3,(H,16,18)/t11?,12?,13-/m1/s1. The molecule has 1 heterocycles. The van der Waals surface area contributed by atoms with Crippen molar-refractivity contribution in [3.8, 4) is 0 Å². The van der Waals surface area contributed by atoms with E-state index in [9.17, 15) is 4.79 Å². The molecule has 0 aromatic carbocycles. The number of hydrogen-bond donors (Lipinski definition) is 2. The Morgan fingerprint density at radius 1 is 1.17 bits per heavy atom. The maximum absolute atomic E-state index is 12.1. The van der Waals surface area contributed by atoms with Gasteiger partial charge in [-0.05, 0) is 45.1 Å². The lowest BCUT2D eigenvalue weighted by atomic mass is 9.84. The molecule has 4 heteroatoms. The summed E-state index contributed by atoms with van der Waals surface area (Å²) in [5, 5.41) is 6.45. The molecule has 104 valence electrons. The van der Waals surface area contributed by atoms with Gasteiger partial charge < -0.3 is 15.5 Å². The number of carbonyl (C=O) groups excluding carboxylic acids is 1. The van der Waals surface area contributed by atoms with Crippen molar-refractivity contribution in [1.82, 2.24) is 15.5 Å². The third-order valence-corrected chi connectivity index (χ3v) is 4.64. The Bertz CT molecular complexity index is 274. The van der Waals surface area contributed by atoms with Gasteiger partial charge in [0, 0.05) is 25.2 Å². The van der Waals surface area contributed by atoms with Crippen LogP contribution < -0.4 is 10.6 Å². The summed E-state index contributed by atoms with van der Waals surface area (Å²) in [5.41, 5.74) is 0. The Morgan fingerprint density at radius 2 is 1.89 bits per heavy atom. The summed E-state index contributed by atoms with van der Waals surface area (Å²) in [6.45, 7) is 4.01. The molecule has 2 fully saturated rings. The summed E-state index contributed by atoms with van der Waals surface area (Å²) in [4.78, 5) is 14.1. The Labute approximate surface area is 110 Å². The summed E-state index contributed by atoms with van der Waals surface area (Å²) < 4.78 is 0. The van der Waals surface area contributed by atoms with Gasteiger partial charge in [-0.1, -0.05) is 13.3 Å². The minimum absolute atomic E-state index is 0.146. The lowest BCUT2D eigenvalue weighted by molar-refractivity contribution is 0.195. The van der Waals surface area contributed by atoms with Crippen LogP contribution >= 0.6 is 0 Å². The molecule has 1 saturated carbocycles. The van der Waals surface area contributed by atoms with Crippen LogP contribution in [0.15, 0.2) is 0 Å². The van der Waals surface area contributed by atoms with Crippen molar-refractivity contribution in [3.63, 3.8) is 0 Å². The van der Waals surface area contributed by atoms with E-state index in [2.05, 4.69) is 17.6 Å². The third-order valence-electron chi connectivity index (χ3n) is 4.64. The first-order valence-corrected chi connectivity index (χ1v) is 7.45. The van der Waals surface area contributed by atoms with Gasteiger partial charge in [-0.3, -0.25) is 0 Å². The van der Waals surface area contributed by atoms with E-state index in [0.717, 1.165) is 38.3 Å². The van der Waals surface area contributed by atoms with E-state index >= 15 is 0 Å². The Balaban J connectivity index is 1.72. The van der Waals surface area contributed by atoms with E-state index < -0.39 is 0 Å². The fourth-order valence-electron chi connectivity index (χ4n) is 3.16. The van der Waals surface area contributed by atoms with Crippen LogP contribution in [0.4, 0.5) is 4.79 Å². The molecule has 0 bridgehead atoms. The number of carbonyl (C=O) groups is 1. The first kappa shape index (κ1) is 13.7. The van der Waals surface area contributed by atoms with Crippen LogP contribution in [0.1, 0.15) is 45.4 Å². The molecule has 0 unspecified atom stereocenters. The Hall–Kier alpha value is -0.770. The lowest BCUT2D eigenvalue weighted by Crippen LogP contribution is -2.46. The van der Waals surface area contributed by atoms with Gasteiger partial charge in [0.15, 0.2) is 0 Å². The van der Waals surface area contributed by atoms with Gasteiger partial charge in [0.1, 0.15) is 0 Å². The molecule has 2 amide bonds. The molecule has 4 nitrogen and oxygen atoms in total. The van der Waals surface area contributed by atoms with E-state index in [-0.39, 0.29) is 6.03 Å². The quantitative estimate of drug-likeness (QED) is 0.807. The molecule has 2 N–H and O–H groups in total. The average Bonchev–Trinajstić information content (AvgIpc) is 2.88. The maximum atomic E-state index is 12.1. The van der Waals surface area contributed by atoms with Crippen LogP contribution in [0.5, 0.6) is 0 Å². The second-order valence-electron chi connectivity index (χ2n) is 5.80. The maximum Gasteiger partial charge on any atom is 0.317 e. The van der Waals surface area contributed by atoms with Crippen molar-refractivity contribution >= 4 is 6.03 Å². The molecule has 0 aromatic heterocycles. The summed E-state index contributed by atoms with van der Waals surface area (Å²) in [5.74, 6) is 0.888. The molecule has 1 saturated heterocycles. The van der Waals surface area contributed by atoms with E-state index in [1.807, 2.05) is 11.9 Å². The van der Waals surface area contributed by atoms with Gasteiger partial charge in [0.25, 0.3) is 0 Å². The highest BCUT2D eigenvalue weighted by molar-refractivity contribution is 5.74. The fraction of sp³-hybridized carbons (Fsp3) is 0.929. The van der Waals surface area contributed by atoms with Crippen LogP contribution in [0.25, 0.3) is 0 Å². The first-order valence-electron chi connectivity index (χ1n) is 7.45. The number of nitrogens with one attached hydrogen (secondary N) is 2. The molecule has 2 aliphatic rings. The number of urea groups is 1. The molecule has 1 aliphatic heterocycles. The van der Waals surface area contributed by atoms with E-state index in [1.54, 1.807) is 0 Å². The molecular formula is C14H27N3O. The second kappa shape index (κ2) is 6.41. The molecule has 18 heavy (non-hydrogen) atoms. The highest BCUT2D eigenvalue weighted by atomic mass is 16.2. The highest BCUT2D eigenvalue weighted by Crippen LogP contribution is 2.26. The van der Waals surface area contributed by atoms with Gasteiger partial charge in [-0.2, -0.15) is 0 Å². The van der Waals surface area contributed by atoms with Crippen molar-refractivity contribution < 1.29 is 4.79 Å². The number of rotatable bonds is 3. The summed E-state index contributed by atoms with van der Waals surface area (Å²) >= 11 is 0. The zero-order chi connectivity index (χ0) is 13.0. The smallest absolute Gasteiger partial charge is 0.317 e. The van der Waals surface area contributed by atoms with E-state index in [0.29, 0.717) is 12.1 Å². The first-order chi connectivity index (χ1) is 8.72. The van der Waals surface area contributed by atoms with Gasteiger partial charge in [0.05, 0.1) is 0 Å². The number of hydrogen-bond acceptors (Lipinski definition) is 2. The number of nitrogens with zero attached hydrogens (tertiary/aromatic N) is 1. The predicted octanol–water partition coefficient (Wildman–Crippen LogP) is 1.96. The lowest BCUT2D eigenvalue weighted by Gasteiger charge is -2.30. The van der Waals surface area contributed by atoms with Crippen LogP contribution in [0.3, 0.4) is 0 Å². The van der Waals surface area contributed by atoms with Gasteiger partial charge >= 0.3 is 6.03 Å². The third kappa shape index (κ3) is 3.37. The monoisotopic (exact) mass is 253 g/mol. The van der Waals surface area contributed by atoms with Crippen molar-refractivity contribution in [2.24, 2.45) is 5.92 Å². The van der Waals surface area contributed by atoms with E-state index in [4.69, 9.17) is 0 Å². The van der Waals surface area contributed by atoms with E-state index in [1.165, 1.54) is 19.3 Å². The SMILES string of the molecule is CCC1CCC(NC(=O)N2CC[C@@H](NC)C2)CC1. The van der Waals surface area contributed by atoms with Crippen LogP contribution in [0, 0.1) is 5.92 Å². The van der Waals surface area contributed by atoms with Crippen LogP contribution in [-0.2, 0) is 0 Å². The number of likely N-dealkylation sites (tertiary alicyclic amines) is 1. The normalized spacial score (nSPS) is 32.6. The molecule has 0 spiro atoms. The zero-order valence-corrected chi connectivity index (χ0v) is 11.7. The number of amides is 2. The molecule has 1 atom stereocenters. The largest absolute Gasteiger partial charge is 0.335 e. The zero-order valence-electron chi connectivity index (χ0n) is 11.7. The van der Waals surface area contributed by atoms with Gasteiger partial charge in [-0.25, -0.2) is 4.79 Å². The topological polar surface area (TPSA) is 44.4 Å². The molecule has 2 rings (SSSR count). The fourth-order valence-corrected chi connectivity index (χ4v) is 3.16. The van der Waals surface area contributed by atoms with Crippen molar-refractivity contribution in [2.45, 2.75) is 57.5 Å². The van der Waals surface area contributed by atoms with Crippen molar-refractivity contribution in [2.75, 3.05) is 20.1 Å². The summed E-state index contributed by atoms with van der Waals surface area (Å²) in [6.07, 6.45) is 7.24. The highest BCUT2D eigenvalue weighted by Gasteiger charge is 2.27. The van der Waals surface area contributed by atoms with Crippen LogP contribution in [-0.4, -0.2) is 43.2 Å². The summed E-state index contributed by atoms with van der Waals surface area (Å²) in [7, 11) is 1.97. The minimum atomic E-state index is 0.146. The molecular weight excluding hydrogens is 226 g/mol. The second-order valence-corrected chi connectivity index (χ2v) is 5.80. The van der Waals surface area contributed by atoms with Crippen LogP contribution in [0.2, 0.25) is 0 Å². The Morgan fingerprint density at radius 3 is 2.44 bits per heavy atom. The molecule has 0 aromatic rings. The average molecular weight is 253 g/mol. The molecule has 1 aliphatic carbocycles. The van der Waals surface area contributed by atoms with Crippen molar-refractivity contribution in [1.29, 1.82) is 0 Å². The molecule has 0 radical (unpaired) electrons. The Kier molecular flexibility index (Phi) is 4.87. The number of likely N-dealkylation sites (N-methyl/N-ethyl adjacent to an activating group) is 1. The minimum Gasteiger partial charge on any atom is -0.335 e. The van der Waals surface area contributed by atoms with Crippen molar-refractivity contribution in [3.05, 3.63) is 0 Å². The summed E-state index contributed by atoms with van der Waals surface area (Å²) in [6, 6.07) is 1.04.